The Morgan fingerprint density at radius 3 is 2.20 bits per heavy atom. The van der Waals surface area contributed by atoms with E-state index in [1.165, 1.54) is 66.3 Å². The quantitative estimate of drug-likeness (QED) is 0.300. The molecule has 1 N–H and O–H groups in total. The van der Waals surface area contributed by atoms with Crippen molar-refractivity contribution in [1.29, 1.82) is 0 Å². The number of anilines is 1. The van der Waals surface area contributed by atoms with E-state index in [-0.39, 0.29) is 5.41 Å². The number of hydrogen-bond donors (Lipinski definition) is 1. The van der Waals surface area contributed by atoms with Crippen LogP contribution in [0.2, 0.25) is 0 Å². The summed E-state index contributed by atoms with van der Waals surface area (Å²) >= 11 is 0. The number of piperidine rings is 1. The van der Waals surface area contributed by atoms with Gasteiger partial charge in [0.05, 0.1) is 0 Å². The molecule has 3 aromatic carbocycles. The zero-order chi connectivity index (χ0) is 29.9. The van der Waals surface area contributed by atoms with Gasteiger partial charge in [0.15, 0.2) is 0 Å². The Bertz CT molecular complexity index is 1380. The number of hydrogen-bond acceptors (Lipinski definition) is 5. The molecular formula is C39H49N3O2. The van der Waals surface area contributed by atoms with Crippen LogP contribution in [-0.2, 0) is 11.2 Å². The number of aromatic hydroxyl groups is 1. The van der Waals surface area contributed by atoms with Gasteiger partial charge < -0.3 is 14.8 Å². The maximum atomic E-state index is 12.0. The van der Waals surface area contributed by atoms with Gasteiger partial charge in [0.25, 0.3) is 0 Å². The second-order valence-corrected chi connectivity index (χ2v) is 14.1. The molecule has 0 unspecified atom stereocenters. The molecule has 7 rings (SSSR count). The van der Waals surface area contributed by atoms with Crippen molar-refractivity contribution in [2.24, 2.45) is 5.41 Å². The monoisotopic (exact) mass is 591 g/mol. The summed E-state index contributed by atoms with van der Waals surface area (Å²) in [5, 5.41) is 10.2. The predicted octanol–water partition coefficient (Wildman–Crippen LogP) is 6.99. The van der Waals surface area contributed by atoms with E-state index in [0.717, 1.165) is 71.5 Å². The van der Waals surface area contributed by atoms with Crippen LogP contribution in [0.4, 0.5) is 5.69 Å². The van der Waals surface area contributed by atoms with Crippen molar-refractivity contribution in [3.05, 3.63) is 95.1 Å². The Morgan fingerprint density at radius 2 is 1.50 bits per heavy atom. The third kappa shape index (κ3) is 6.19. The number of carbonyl (C=O) groups excluding carboxylic acids is 1. The summed E-state index contributed by atoms with van der Waals surface area (Å²) in [5.74, 6) is 1.09. The highest BCUT2D eigenvalue weighted by atomic mass is 16.3. The van der Waals surface area contributed by atoms with Crippen LogP contribution in [0.5, 0.6) is 5.75 Å². The second-order valence-electron chi connectivity index (χ2n) is 14.1. The molecule has 5 nitrogen and oxygen atoms in total. The van der Waals surface area contributed by atoms with E-state index < -0.39 is 0 Å². The number of aldehydes is 1. The minimum atomic E-state index is -0.0763. The fraction of sp³-hybridized carbons (Fsp3) is 0.513. The lowest BCUT2D eigenvalue weighted by molar-refractivity contribution is -0.119. The van der Waals surface area contributed by atoms with Crippen molar-refractivity contribution < 1.29 is 9.90 Å². The number of phenols is 1. The Morgan fingerprint density at radius 1 is 0.773 bits per heavy atom. The Kier molecular flexibility index (Phi) is 8.78. The van der Waals surface area contributed by atoms with Gasteiger partial charge >= 0.3 is 0 Å². The predicted molar refractivity (Wildman–Crippen MR) is 179 cm³/mol. The topological polar surface area (TPSA) is 47.0 Å². The molecule has 2 aliphatic heterocycles. The average molecular weight is 592 g/mol. The standard InChI is InChI=1S/C39H49N3O2/c43-29-39(19-5-2-6-20-39)28-40-23-25-42(26-24-40)34-17-21-41(22-18-34)33-12-9-31(10-13-33)38-36(30-7-3-1-4-8-30)15-11-32-27-35(44)14-16-37(32)38/h1,3-4,7-10,12-14,16,27,29,34,36,38,44H,2,5-6,11,15,17-26,28H2/t36-,38+/m1/s1. The molecule has 2 saturated heterocycles. The van der Waals surface area contributed by atoms with E-state index in [1.807, 2.05) is 12.1 Å². The lowest BCUT2D eigenvalue weighted by Crippen LogP contribution is -2.55. The molecule has 232 valence electrons. The highest BCUT2D eigenvalue weighted by Gasteiger charge is 2.36. The molecule has 0 bridgehead atoms. The molecule has 2 atom stereocenters. The van der Waals surface area contributed by atoms with E-state index >= 15 is 0 Å². The average Bonchev–Trinajstić information content (AvgIpc) is 3.09. The molecular weight excluding hydrogens is 542 g/mol. The van der Waals surface area contributed by atoms with E-state index in [1.54, 1.807) is 0 Å². The zero-order valence-electron chi connectivity index (χ0n) is 26.2. The molecule has 2 aliphatic carbocycles. The summed E-state index contributed by atoms with van der Waals surface area (Å²) in [6, 6.07) is 27.0. The number of nitrogens with zero attached hydrogens (tertiary/aromatic N) is 3. The third-order valence-corrected chi connectivity index (χ3v) is 11.5. The number of aryl methyl sites for hydroxylation is 1. The number of phenolic OH excluding ortho intramolecular Hbond substituents is 1. The summed E-state index contributed by atoms with van der Waals surface area (Å²) in [5.41, 5.74) is 6.67. The smallest absolute Gasteiger partial charge is 0.127 e. The van der Waals surface area contributed by atoms with Crippen molar-refractivity contribution in [3.8, 4) is 5.75 Å². The summed E-state index contributed by atoms with van der Waals surface area (Å²) in [4.78, 5) is 19.9. The van der Waals surface area contributed by atoms with E-state index in [9.17, 15) is 9.90 Å². The van der Waals surface area contributed by atoms with Gasteiger partial charge in [0.1, 0.15) is 12.0 Å². The van der Waals surface area contributed by atoms with Gasteiger partial charge in [-0.05, 0) is 91.0 Å². The largest absolute Gasteiger partial charge is 0.508 e. The Hall–Kier alpha value is -3.15. The number of carbonyl (C=O) groups is 1. The van der Waals surface area contributed by atoms with Crippen LogP contribution in [0.3, 0.4) is 0 Å². The first-order valence-electron chi connectivity index (χ1n) is 17.3. The van der Waals surface area contributed by atoms with Crippen LogP contribution in [-0.4, -0.2) is 73.0 Å². The third-order valence-electron chi connectivity index (χ3n) is 11.5. The lowest BCUT2D eigenvalue weighted by Gasteiger charge is -2.45. The lowest BCUT2D eigenvalue weighted by atomic mass is 9.69. The van der Waals surface area contributed by atoms with Gasteiger partial charge in [-0.1, -0.05) is 67.8 Å². The highest BCUT2D eigenvalue weighted by Crippen LogP contribution is 2.47. The molecule has 4 aliphatic rings. The normalized spacial score (nSPS) is 25.0. The van der Waals surface area contributed by atoms with Crippen molar-refractivity contribution in [2.45, 2.75) is 75.7 Å². The fourth-order valence-electron chi connectivity index (χ4n) is 8.96. The maximum Gasteiger partial charge on any atom is 0.127 e. The first-order valence-corrected chi connectivity index (χ1v) is 17.3. The van der Waals surface area contributed by atoms with Crippen molar-refractivity contribution in [3.63, 3.8) is 0 Å². The van der Waals surface area contributed by atoms with E-state index in [4.69, 9.17) is 0 Å². The summed E-state index contributed by atoms with van der Waals surface area (Å²) < 4.78 is 0. The Labute approximate surface area is 263 Å². The van der Waals surface area contributed by atoms with Crippen LogP contribution < -0.4 is 4.90 Å². The minimum Gasteiger partial charge on any atom is -0.508 e. The van der Waals surface area contributed by atoms with Gasteiger partial charge in [-0.15, -0.1) is 0 Å². The number of piperazine rings is 1. The molecule has 0 amide bonds. The molecule has 1 saturated carbocycles. The molecule has 2 heterocycles. The second kappa shape index (κ2) is 13.1. The van der Waals surface area contributed by atoms with Crippen molar-refractivity contribution in [2.75, 3.05) is 50.7 Å². The number of fused-ring (bicyclic) bond motifs is 1. The molecule has 0 aromatic heterocycles. The summed E-state index contributed by atoms with van der Waals surface area (Å²) in [6.07, 6.45) is 11.7. The van der Waals surface area contributed by atoms with Crippen molar-refractivity contribution in [1.82, 2.24) is 9.80 Å². The van der Waals surface area contributed by atoms with Crippen LogP contribution >= 0.6 is 0 Å². The van der Waals surface area contributed by atoms with Crippen molar-refractivity contribution >= 4 is 12.0 Å². The SMILES string of the molecule is O=CC1(CN2CCN(C3CCN(c4ccc([C@@H]5c6ccc(O)cc6CC[C@@H]5c5ccccc5)cc4)CC3)CC2)CCCCC1. The molecule has 0 spiro atoms. The van der Waals surface area contributed by atoms with E-state index in [2.05, 4.69) is 75.4 Å². The zero-order valence-corrected chi connectivity index (χ0v) is 26.2. The van der Waals surface area contributed by atoms with Crippen LogP contribution in [0.15, 0.2) is 72.8 Å². The molecule has 3 fully saturated rings. The van der Waals surface area contributed by atoms with Gasteiger partial charge in [-0.2, -0.15) is 0 Å². The highest BCUT2D eigenvalue weighted by molar-refractivity contribution is 5.60. The van der Waals surface area contributed by atoms with E-state index in [0.29, 0.717) is 23.6 Å². The first-order chi connectivity index (χ1) is 21.6. The summed E-state index contributed by atoms with van der Waals surface area (Å²) in [6.45, 7) is 7.67. The first kappa shape index (κ1) is 29.6. The van der Waals surface area contributed by atoms with Crippen LogP contribution in [0.1, 0.15) is 85.5 Å². The fourth-order valence-corrected chi connectivity index (χ4v) is 8.96. The van der Waals surface area contributed by atoms with Gasteiger partial charge in [0, 0.05) is 68.9 Å². The minimum absolute atomic E-state index is 0.0763. The van der Waals surface area contributed by atoms with Gasteiger partial charge in [0.2, 0.25) is 0 Å². The molecule has 0 radical (unpaired) electrons. The Balaban J connectivity index is 0.974. The van der Waals surface area contributed by atoms with Crippen LogP contribution in [0, 0.1) is 5.41 Å². The van der Waals surface area contributed by atoms with Crippen LogP contribution in [0.25, 0.3) is 0 Å². The molecule has 44 heavy (non-hydrogen) atoms. The number of benzene rings is 3. The number of rotatable bonds is 7. The molecule has 5 heteroatoms. The summed E-state index contributed by atoms with van der Waals surface area (Å²) in [7, 11) is 0. The maximum absolute atomic E-state index is 12.0. The molecule has 3 aromatic rings. The van der Waals surface area contributed by atoms with Gasteiger partial charge in [-0.25, -0.2) is 0 Å². The van der Waals surface area contributed by atoms with Gasteiger partial charge in [-0.3, -0.25) is 9.80 Å².